The van der Waals surface area contributed by atoms with Crippen molar-refractivity contribution in [1.82, 2.24) is 10.2 Å². The minimum Gasteiger partial charge on any atom is -0.372 e. The van der Waals surface area contributed by atoms with E-state index in [0.717, 1.165) is 17.7 Å². The van der Waals surface area contributed by atoms with Crippen LogP contribution >= 0.6 is 0 Å². The van der Waals surface area contributed by atoms with Crippen molar-refractivity contribution in [2.45, 2.75) is 27.2 Å². The summed E-state index contributed by atoms with van der Waals surface area (Å²) in [6.07, 6.45) is 0.875. The number of anilines is 1. The van der Waals surface area contributed by atoms with Crippen LogP contribution in [0.3, 0.4) is 0 Å². The second-order valence-corrected chi connectivity index (χ2v) is 3.21. The predicted octanol–water partition coefficient (Wildman–Crippen LogP) is 1.26. The first kappa shape index (κ1) is 11.7. The zero-order valence-corrected chi connectivity index (χ0v) is 9.39. The molecule has 0 saturated carbocycles. The lowest BCUT2D eigenvalue weighted by molar-refractivity contribution is -0.120. The first-order valence-corrected chi connectivity index (χ1v) is 5.10. The zero-order valence-electron chi connectivity index (χ0n) is 9.39. The van der Waals surface area contributed by atoms with Crippen molar-refractivity contribution in [2.24, 2.45) is 0 Å². The van der Waals surface area contributed by atoms with E-state index in [0.29, 0.717) is 12.4 Å². The molecule has 0 bridgehead atoms. The molecule has 0 saturated heterocycles. The van der Waals surface area contributed by atoms with Crippen LogP contribution in [-0.2, 0) is 16.0 Å². The molecule has 1 heterocycles. The van der Waals surface area contributed by atoms with Crippen LogP contribution in [0.15, 0.2) is 0 Å². The summed E-state index contributed by atoms with van der Waals surface area (Å²) in [4.78, 5) is 11.3. The average molecular weight is 211 g/mol. The van der Waals surface area contributed by atoms with Crippen molar-refractivity contribution in [2.75, 3.05) is 18.5 Å². The van der Waals surface area contributed by atoms with Crippen LogP contribution in [0.2, 0.25) is 0 Å². The number of nitrogens with zero attached hydrogens (tertiary/aromatic N) is 1. The Morgan fingerprint density at radius 3 is 2.80 bits per heavy atom. The van der Waals surface area contributed by atoms with Gasteiger partial charge in [0.15, 0.2) is 5.82 Å². The predicted molar refractivity (Wildman–Crippen MR) is 57.8 cm³/mol. The molecule has 0 spiro atoms. The fourth-order valence-corrected chi connectivity index (χ4v) is 1.26. The smallest absolute Gasteiger partial charge is 0.251 e. The van der Waals surface area contributed by atoms with E-state index in [1.165, 1.54) is 0 Å². The Balaban J connectivity index is 2.56. The first-order valence-electron chi connectivity index (χ1n) is 5.10. The van der Waals surface area contributed by atoms with E-state index in [9.17, 15) is 4.79 Å². The summed E-state index contributed by atoms with van der Waals surface area (Å²) in [7, 11) is 0. The lowest BCUT2D eigenvalue weighted by atomic mass is 10.2. The molecule has 0 aromatic carbocycles. The van der Waals surface area contributed by atoms with Crippen molar-refractivity contribution >= 4 is 11.7 Å². The zero-order chi connectivity index (χ0) is 11.3. The highest BCUT2D eigenvalue weighted by molar-refractivity contribution is 5.91. The normalized spacial score (nSPS) is 10.3. The number of carbonyl (C=O) groups excluding carboxylic acids is 1. The Bertz CT molecular complexity index is 333. The number of aromatic amines is 1. The maximum atomic E-state index is 11.3. The van der Waals surface area contributed by atoms with Crippen LogP contribution in [0.25, 0.3) is 0 Å². The summed E-state index contributed by atoms with van der Waals surface area (Å²) in [5, 5.41) is 9.60. The van der Waals surface area contributed by atoms with Crippen molar-refractivity contribution in [3.05, 3.63) is 11.3 Å². The van der Waals surface area contributed by atoms with Crippen LogP contribution in [0, 0.1) is 6.92 Å². The number of hydrogen-bond donors (Lipinski definition) is 2. The number of H-pyrrole nitrogens is 1. The molecule has 1 aromatic rings. The number of ether oxygens (including phenoxy) is 1. The number of amides is 1. The minimum absolute atomic E-state index is 0.0737. The average Bonchev–Trinajstić information content (AvgIpc) is 2.57. The molecule has 1 rings (SSSR count). The molecule has 84 valence electrons. The number of rotatable bonds is 5. The Hall–Kier alpha value is -1.36. The van der Waals surface area contributed by atoms with Gasteiger partial charge in [0.05, 0.1) is 0 Å². The third-order valence-corrected chi connectivity index (χ3v) is 2.16. The maximum Gasteiger partial charge on any atom is 0.251 e. The van der Waals surface area contributed by atoms with Crippen molar-refractivity contribution in [3.63, 3.8) is 0 Å². The monoisotopic (exact) mass is 211 g/mol. The number of aryl methyl sites for hydroxylation is 1. The highest BCUT2D eigenvalue weighted by Crippen LogP contribution is 2.14. The van der Waals surface area contributed by atoms with Gasteiger partial charge < -0.3 is 10.1 Å². The Morgan fingerprint density at radius 1 is 1.53 bits per heavy atom. The second kappa shape index (κ2) is 5.50. The highest BCUT2D eigenvalue weighted by atomic mass is 16.5. The van der Waals surface area contributed by atoms with E-state index in [2.05, 4.69) is 15.5 Å². The first-order chi connectivity index (χ1) is 7.19. The van der Waals surface area contributed by atoms with Gasteiger partial charge in [0.25, 0.3) is 5.91 Å². The Kier molecular flexibility index (Phi) is 4.30. The van der Waals surface area contributed by atoms with Crippen LogP contribution < -0.4 is 5.32 Å². The largest absolute Gasteiger partial charge is 0.372 e. The van der Waals surface area contributed by atoms with Crippen LogP contribution in [0.5, 0.6) is 0 Å². The third-order valence-electron chi connectivity index (χ3n) is 2.16. The van der Waals surface area contributed by atoms with Gasteiger partial charge in [-0.1, -0.05) is 6.92 Å². The van der Waals surface area contributed by atoms with E-state index in [4.69, 9.17) is 4.74 Å². The Labute approximate surface area is 89.2 Å². The molecule has 0 radical (unpaired) electrons. The molecule has 0 aliphatic rings. The van der Waals surface area contributed by atoms with Crippen molar-refractivity contribution < 1.29 is 9.53 Å². The van der Waals surface area contributed by atoms with Crippen LogP contribution in [-0.4, -0.2) is 29.3 Å². The van der Waals surface area contributed by atoms with Gasteiger partial charge in [-0.3, -0.25) is 9.89 Å². The molecule has 5 nitrogen and oxygen atoms in total. The van der Waals surface area contributed by atoms with E-state index in [1.54, 1.807) is 0 Å². The molecule has 0 unspecified atom stereocenters. The lowest BCUT2D eigenvalue weighted by Gasteiger charge is -2.02. The van der Waals surface area contributed by atoms with Crippen LogP contribution in [0.1, 0.15) is 25.1 Å². The molecule has 0 fully saturated rings. The second-order valence-electron chi connectivity index (χ2n) is 3.21. The summed E-state index contributed by atoms with van der Waals surface area (Å²) in [5.74, 6) is 0.422. The summed E-state index contributed by atoms with van der Waals surface area (Å²) in [5.41, 5.74) is 2.03. The van der Waals surface area contributed by atoms with Gasteiger partial charge in [0, 0.05) is 17.9 Å². The minimum atomic E-state index is -0.172. The van der Waals surface area contributed by atoms with E-state index < -0.39 is 0 Å². The highest BCUT2D eigenvalue weighted by Gasteiger charge is 2.10. The van der Waals surface area contributed by atoms with E-state index in [-0.39, 0.29) is 12.5 Å². The summed E-state index contributed by atoms with van der Waals surface area (Å²) < 4.78 is 4.99. The molecule has 0 atom stereocenters. The van der Waals surface area contributed by atoms with Gasteiger partial charge in [-0.2, -0.15) is 5.10 Å². The van der Waals surface area contributed by atoms with Crippen LogP contribution in [0.4, 0.5) is 5.82 Å². The topological polar surface area (TPSA) is 67.0 Å². The maximum absolute atomic E-state index is 11.3. The third kappa shape index (κ3) is 3.06. The van der Waals surface area contributed by atoms with Gasteiger partial charge in [-0.05, 0) is 20.3 Å². The molecular weight excluding hydrogens is 194 g/mol. The molecule has 1 aromatic heterocycles. The standard InChI is InChI=1S/C10H17N3O2/c1-4-8-7(3)10(13-12-8)11-9(14)6-15-5-2/h4-6H2,1-3H3,(H2,11,12,13,14). The fourth-order valence-electron chi connectivity index (χ4n) is 1.26. The molecule has 0 aliphatic carbocycles. The van der Waals surface area contributed by atoms with Crippen molar-refractivity contribution in [1.29, 1.82) is 0 Å². The number of nitrogens with one attached hydrogen (secondary N) is 2. The van der Waals surface area contributed by atoms with Gasteiger partial charge >= 0.3 is 0 Å². The molecular formula is C10H17N3O2. The molecule has 15 heavy (non-hydrogen) atoms. The SMILES string of the molecule is CCOCC(=O)Nc1n[nH]c(CC)c1C. The number of aromatic nitrogens is 2. The molecule has 2 N–H and O–H groups in total. The number of hydrogen-bond acceptors (Lipinski definition) is 3. The quantitative estimate of drug-likeness (QED) is 0.770. The van der Waals surface area contributed by atoms with Gasteiger partial charge in [0.2, 0.25) is 0 Å². The van der Waals surface area contributed by atoms with Gasteiger partial charge in [-0.15, -0.1) is 0 Å². The summed E-state index contributed by atoms with van der Waals surface area (Å²) in [6, 6.07) is 0. The number of carbonyl (C=O) groups is 1. The lowest BCUT2D eigenvalue weighted by Crippen LogP contribution is -2.18. The van der Waals surface area contributed by atoms with Gasteiger partial charge in [0.1, 0.15) is 6.61 Å². The fraction of sp³-hybridized carbons (Fsp3) is 0.600. The molecule has 1 amide bonds. The van der Waals surface area contributed by atoms with Crippen molar-refractivity contribution in [3.8, 4) is 0 Å². The Morgan fingerprint density at radius 2 is 2.27 bits per heavy atom. The summed E-state index contributed by atoms with van der Waals surface area (Å²) >= 11 is 0. The summed E-state index contributed by atoms with van der Waals surface area (Å²) in [6.45, 7) is 6.42. The van der Waals surface area contributed by atoms with E-state index in [1.807, 2.05) is 20.8 Å². The van der Waals surface area contributed by atoms with Gasteiger partial charge in [-0.25, -0.2) is 0 Å². The van der Waals surface area contributed by atoms with E-state index >= 15 is 0 Å². The molecule has 5 heteroatoms. The molecule has 0 aliphatic heterocycles.